The predicted molar refractivity (Wildman–Crippen MR) is 61.4 cm³/mol. The Bertz CT molecular complexity index is 519. The highest BCUT2D eigenvalue weighted by Crippen LogP contribution is 2.03. The van der Waals surface area contributed by atoms with Gasteiger partial charge in [0.15, 0.2) is 15.1 Å². The standard InChI is InChI=1S/C10H13NO6S/c1-7(10(13)14)18(15,16)6-9(12)11-5-8-3-2-4-17-8/h2-4,7H,5-6H2,1H3,(H,11,12)(H,13,14). The molecule has 0 spiro atoms. The van der Waals surface area contributed by atoms with Crippen molar-refractivity contribution in [2.45, 2.75) is 18.7 Å². The van der Waals surface area contributed by atoms with Gasteiger partial charge in [0.1, 0.15) is 11.5 Å². The van der Waals surface area contributed by atoms with Gasteiger partial charge in [0.2, 0.25) is 5.91 Å². The van der Waals surface area contributed by atoms with E-state index in [0.29, 0.717) is 5.76 Å². The largest absolute Gasteiger partial charge is 0.480 e. The third kappa shape index (κ3) is 3.88. The number of furan rings is 1. The number of sulfone groups is 1. The number of hydrogen-bond donors (Lipinski definition) is 2. The van der Waals surface area contributed by atoms with Crippen molar-refractivity contribution in [3.8, 4) is 0 Å². The molecule has 0 fully saturated rings. The average Bonchev–Trinajstić information content (AvgIpc) is 2.77. The van der Waals surface area contributed by atoms with Crippen LogP contribution in [0.4, 0.5) is 0 Å². The molecule has 0 radical (unpaired) electrons. The number of carbonyl (C=O) groups excluding carboxylic acids is 1. The molecule has 1 heterocycles. The number of hydrogen-bond acceptors (Lipinski definition) is 5. The molecule has 0 bridgehead atoms. The van der Waals surface area contributed by atoms with Gasteiger partial charge in [-0.25, -0.2) is 8.42 Å². The first-order chi connectivity index (χ1) is 8.33. The Balaban J connectivity index is 2.52. The van der Waals surface area contributed by atoms with Crippen molar-refractivity contribution in [3.63, 3.8) is 0 Å². The third-order valence-electron chi connectivity index (χ3n) is 2.26. The van der Waals surface area contributed by atoms with Crippen molar-refractivity contribution in [2.24, 2.45) is 0 Å². The summed E-state index contributed by atoms with van der Waals surface area (Å²) in [4.78, 5) is 21.9. The number of rotatable bonds is 6. The van der Waals surface area contributed by atoms with Crippen LogP contribution >= 0.6 is 0 Å². The Hall–Kier alpha value is -1.83. The molecule has 0 saturated carbocycles. The van der Waals surface area contributed by atoms with E-state index in [2.05, 4.69) is 5.32 Å². The van der Waals surface area contributed by atoms with Crippen molar-refractivity contribution >= 4 is 21.7 Å². The molecule has 0 aromatic carbocycles. The Morgan fingerprint density at radius 2 is 2.17 bits per heavy atom. The van der Waals surface area contributed by atoms with E-state index in [1.54, 1.807) is 12.1 Å². The Kier molecular flexibility index (Phi) is 4.49. The highest BCUT2D eigenvalue weighted by molar-refractivity contribution is 7.93. The molecule has 1 atom stereocenters. The van der Waals surface area contributed by atoms with Gasteiger partial charge >= 0.3 is 5.97 Å². The molecule has 0 aliphatic rings. The van der Waals surface area contributed by atoms with E-state index < -0.39 is 32.7 Å². The van der Waals surface area contributed by atoms with Crippen LogP contribution in [0.5, 0.6) is 0 Å². The van der Waals surface area contributed by atoms with Crippen LogP contribution < -0.4 is 5.32 Å². The van der Waals surface area contributed by atoms with E-state index in [1.807, 2.05) is 0 Å². The maximum atomic E-state index is 11.5. The molecule has 0 saturated heterocycles. The average molecular weight is 275 g/mol. The van der Waals surface area contributed by atoms with Crippen molar-refractivity contribution in [3.05, 3.63) is 24.2 Å². The van der Waals surface area contributed by atoms with Gasteiger partial charge in [0, 0.05) is 0 Å². The molecule has 0 aliphatic heterocycles. The van der Waals surface area contributed by atoms with Gasteiger partial charge in [-0.05, 0) is 19.1 Å². The first-order valence-electron chi connectivity index (χ1n) is 5.06. The van der Waals surface area contributed by atoms with E-state index in [4.69, 9.17) is 9.52 Å². The summed E-state index contributed by atoms with van der Waals surface area (Å²) in [5.41, 5.74) is 0. The molecule has 1 aromatic heterocycles. The zero-order valence-corrected chi connectivity index (χ0v) is 10.4. The van der Waals surface area contributed by atoms with Crippen LogP contribution in [0.1, 0.15) is 12.7 Å². The molecule has 2 N–H and O–H groups in total. The fourth-order valence-electron chi connectivity index (χ4n) is 1.11. The normalized spacial score (nSPS) is 12.9. The smallest absolute Gasteiger partial charge is 0.321 e. The van der Waals surface area contributed by atoms with Gasteiger partial charge in [-0.3, -0.25) is 9.59 Å². The lowest BCUT2D eigenvalue weighted by atomic mass is 10.4. The second-order valence-electron chi connectivity index (χ2n) is 3.64. The van der Waals surface area contributed by atoms with Crippen LogP contribution in [-0.2, 0) is 26.0 Å². The van der Waals surface area contributed by atoms with Crippen LogP contribution in [0.25, 0.3) is 0 Å². The highest BCUT2D eigenvalue weighted by atomic mass is 32.2. The van der Waals surface area contributed by atoms with E-state index in [-0.39, 0.29) is 6.54 Å². The van der Waals surface area contributed by atoms with Gasteiger partial charge < -0.3 is 14.8 Å². The quantitative estimate of drug-likeness (QED) is 0.742. The zero-order chi connectivity index (χ0) is 13.8. The number of aliphatic carboxylic acids is 1. The fourth-order valence-corrected chi connectivity index (χ4v) is 2.14. The van der Waals surface area contributed by atoms with Crippen molar-refractivity contribution in [1.29, 1.82) is 0 Å². The predicted octanol–water partition coefficient (Wildman–Crippen LogP) is -0.216. The molecule has 1 amide bonds. The van der Waals surface area contributed by atoms with Crippen LogP contribution in [-0.4, -0.2) is 36.4 Å². The number of nitrogens with one attached hydrogen (secondary N) is 1. The van der Waals surface area contributed by atoms with Crippen LogP contribution in [0.15, 0.2) is 22.8 Å². The topological polar surface area (TPSA) is 114 Å². The second-order valence-corrected chi connectivity index (χ2v) is 5.97. The van der Waals surface area contributed by atoms with E-state index in [9.17, 15) is 18.0 Å². The minimum atomic E-state index is -3.99. The summed E-state index contributed by atoms with van der Waals surface area (Å²) in [5, 5.41) is 9.31. The summed E-state index contributed by atoms with van der Waals surface area (Å²) in [7, 11) is -3.99. The number of carboxylic acid groups (broad SMARTS) is 1. The molecule has 1 rings (SSSR count). The lowest BCUT2D eigenvalue weighted by Gasteiger charge is -2.08. The number of amides is 1. The molecule has 100 valence electrons. The van der Waals surface area contributed by atoms with E-state index in [1.165, 1.54) is 6.26 Å². The maximum absolute atomic E-state index is 11.5. The zero-order valence-electron chi connectivity index (χ0n) is 9.62. The monoisotopic (exact) mass is 275 g/mol. The van der Waals surface area contributed by atoms with Crippen molar-refractivity contribution in [1.82, 2.24) is 5.32 Å². The minimum absolute atomic E-state index is 0.0583. The molecule has 8 heteroatoms. The van der Waals surface area contributed by atoms with Gasteiger partial charge in [-0.15, -0.1) is 0 Å². The van der Waals surface area contributed by atoms with Gasteiger partial charge in [0.25, 0.3) is 0 Å². The summed E-state index contributed by atoms with van der Waals surface area (Å²) in [6.07, 6.45) is 1.42. The number of carbonyl (C=O) groups is 2. The minimum Gasteiger partial charge on any atom is -0.480 e. The van der Waals surface area contributed by atoms with Crippen LogP contribution in [0.3, 0.4) is 0 Å². The summed E-state index contributed by atoms with van der Waals surface area (Å²) >= 11 is 0. The molecule has 7 nitrogen and oxygen atoms in total. The second kappa shape index (κ2) is 5.67. The van der Waals surface area contributed by atoms with Crippen molar-refractivity contribution < 1.29 is 27.5 Å². The lowest BCUT2D eigenvalue weighted by Crippen LogP contribution is -2.36. The van der Waals surface area contributed by atoms with Gasteiger partial charge in [-0.2, -0.15) is 0 Å². The van der Waals surface area contributed by atoms with Gasteiger partial charge in [0.05, 0.1) is 12.8 Å². The molecule has 18 heavy (non-hydrogen) atoms. The molecule has 0 aliphatic carbocycles. The molecule has 1 aromatic rings. The summed E-state index contributed by atoms with van der Waals surface area (Å²) in [6, 6.07) is 3.25. The van der Waals surface area contributed by atoms with Crippen molar-refractivity contribution in [2.75, 3.05) is 5.75 Å². The van der Waals surface area contributed by atoms with Crippen LogP contribution in [0.2, 0.25) is 0 Å². The number of carboxylic acids is 1. The highest BCUT2D eigenvalue weighted by Gasteiger charge is 2.29. The molecular weight excluding hydrogens is 262 g/mol. The first-order valence-corrected chi connectivity index (χ1v) is 6.78. The summed E-state index contributed by atoms with van der Waals surface area (Å²) in [6.45, 7) is 1.08. The fraction of sp³-hybridized carbons (Fsp3) is 0.400. The van der Waals surface area contributed by atoms with E-state index in [0.717, 1.165) is 6.92 Å². The Morgan fingerprint density at radius 1 is 1.50 bits per heavy atom. The van der Waals surface area contributed by atoms with Gasteiger partial charge in [-0.1, -0.05) is 0 Å². The van der Waals surface area contributed by atoms with E-state index >= 15 is 0 Å². The first kappa shape index (κ1) is 14.2. The maximum Gasteiger partial charge on any atom is 0.321 e. The molecule has 1 unspecified atom stereocenters. The summed E-state index contributed by atoms with van der Waals surface area (Å²) in [5.74, 6) is -2.62. The van der Waals surface area contributed by atoms with Crippen LogP contribution in [0, 0.1) is 0 Å². The Morgan fingerprint density at radius 3 is 2.67 bits per heavy atom. The summed E-state index contributed by atoms with van der Waals surface area (Å²) < 4.78 is 27.9. The lowest BCUT2D eigenvalue weighted by molar-refractivity contribution is -0.136. The SMILES string of the molecule is CC(C(=O)O)S(=O)(=O)CC(=O)NCc1ccco1. The Labute approximate surface area is 104 Å². The molecular formula is C10H13NO6S. The third-order valence-corrected chi connectivity index (χ3v) is 4.20.